The Morgan fingerprint density at radius 3 is 2.42 bits per heavy atom. The van der Waals surface area contributed by atoms with Crippen LogP contribution in [-0.2, 0) is 9.59 Å². The summed E-state index contributed by atoms with van der Waals surface area (Å²) in [5, 5.41) is 2.22. The van der Waals surface area contributed by atoms with Crippen molar-refractivity contribution in [2.45, 2.75) is 33.1 Å². The van der Waals surface area contributed by atoms with E-state index in [1.165, 1.54) is 0 Å². The predicted octanol–water partition coefficient (Wildman–Crippen LogP) is 3.28. The molecule has 1 aliphatic rings. The van der Waals surface area contributed by atoms with Gasteiger partial charge in [-0.15, -0.1) is 0 Å². The van der Waals surface area contributed by atoms with E-state index in [1.807, 2.05) is 30.3 Å². The van der Waals surface area contributed by atoms with Crippen molar-refractivity contribution >= 4 is 23.4 Å². The van der Waals surface area contributed by atoms with Crippen LogP contribution in [0.5, 0.6) is 0 Å². The summed E-state index contributed by atoms with van der Waals surface area (Å²) in [7, 11) is 0. The molecule has 0 aromatic heterocycles. The Balaban J connectivity index is 2.02. The normalized spacial score (nSPS) is 16.9. The molecule has 1 heterocycles. The van der Waals surface area contributed by atoms with Crippen molar-refractivity contribution in [1.82, 2.24) is 10.2 Å². The molecule has 4 amide bonds. The molecule has 0 unspecified atom stereocenters. The lowest BCUT2D eigenvalue weighted by Gasteiger charge is -2.26. The molecule has 2 rings (SSSR count). The van der Waals surface area contributed by atoms with Gasteiger partial charge in [0.05, 0.1) is 0 Å². The topological polar surface area (TPSA) is 66.5 Å². The van der Waals surface area contributed by atoms with E-state index in [9.17, 15) is 14.4 Å². The molecule has 1 saturated heterocycles. The fraction of sp³-hybridized carbons (Fsp3) is 0.316. The van der Waals surface area contributed by atoms with Crippen LogP contribution in [0.1, 0.15) is 38.7 Å². The minimum atomic E-state index is -0.651. The molecule has 5 heteroatoms. The molecule has 24 heavy (non-hydrogen) atoms. The van der Waals surface area contributed by atoms with Crippen LogP contribution in [0.25, 0.3) is 5.57 Å². The van der Waals surface area contributed by atoms with Crippen molar-refractivity contribution in [3.63, 3.8) is 0 Å². The Labute approximate surface area is 142 Å². The molecule has 0 bridgehead atoms. The molecule has 0 saturated carbocycles. The van der Waals surface area contributed by atoms with Gasteiger partial charge >= 0.3 is 6.03 Å². The fourth-order valence-electron chi connectivity index (χ4n) is 2.73. The molecule has 1 fully saturated rings. The second-order valence-corrected chi connectivity index (χ2v) is 5.79. The Kier molecular flexibility index (Phi) is 5.68. The number of benzene rings is 1. The third kappa shape index (κ3) is 3.79. The van der Waals surface area contributed by atoms with Gasteiger partial charge in [-0.3, -0.25) is 19.8 Å². The monoisotopic (exact) mass is 326 g/mol. The molecule has 5 nitrogen and oxygen atoms in total. The zero-order chi connectivity index (χ0) is 17.7. The molecule has 1 aromatic rings. The average Bonchev–Trinajstić information content (AvgIpc) is 2.55. The number of carbonyl (C=O) groups excluding carboxylic acids is 3. The van der Waals surface area contributed by atoms with Gasteiger partial charge in [0.1, 0.15) is 5.57 Å². The molecule has 0 aliphatic carbocycles. The Morgan fingerprint density at radius 1 is 1.12 bits per heavy atom. The highest BCUT2D eigenvalue weighted by Gasteiger charge is 2.35. The largest absolute Gasteiger partial charge is 0.331 e. The summed E-state index contributed by atoms with van der Waals surface area (Å²) in [6.07, 6.45) is 2.16. The van der Waals surface area contributed by atoms with Crippen LogP contribution in [-0.4, -0.2) is 29.3 Å². The van der Waals surface area contributed by atoms with Gasteiger partial charge in [-0.05, 0) is 44.2 Å². The molecular weight excluding hydrogens is 304 g/mol. The van der Waals surface area contributed by atoms with E-state index in [-0.39, 0.29) is 12.1 Å². The number of urea groups is 1. The second kappa shape index (κ2) is 7.73. The summed E-state index contributed by atoms with van der Waals surface area (Å²) in [5.74, 6) is -1.11. The number of amides is 4. The smallest absolute Gasteiger partial charge is 0.273 e. The Hall–Kier alpha value is -2.69. The number of allylic oxidation sites excluding steroid dienone is 2. The predicted molar refractivity (Wildman–Crippen MR) is 93.0 cm³/mol. The maximum atomic E-state index is 12.3. The Morgan fingerprint density at radius 2 is 1.79 bits per heavy atom. The highest BCUT2D eigenvalue weighted by atomic mass is 16.2. The zero-order valence-corrected chi connectivity index (χ0v) is 14.1. The molecule has 0 radical (unpaired) electrons. The number of barbiturate groups is 1. The molecule has 1 N–H and O–H groups in total. The van der Waals surface area contributed by atoms with Gasteiger partial charge in [0, 0.05) is 6.54 Å². The molecule has 0 spiro atoms. The highest BCUT2D eigenvalue weighted by Crippen LogP contribution is 2.22. The second-order valence-electron chi connectivity index (χ2n) is 5.79. The standard InChI is InChI=1S/C19H22N2O3/c1-4-21-18(23)16(17(22)20-19(21)24)14(3)10-8-9-13(2)15-11-6-5-7-12-15/h5-7,11-12H,2,4,8-10H2,1,3H3,(H,20,22,24)/b16-14-. The minimum absolute atomic E-state index is 0.0850. The third-order valence-electron chi connectivity index (χ3n) is 4.11. The summed E-state index contributed by atoms with van der Waals surface area (Å²) >= 11 is 0. The van der Waals surface area contributed by atoms with Crippen molar-refractivity contribution in [1.29, 1.82) is 0 Å². The molecule has 1 aromatic carbocycles. The maximum Gasteiger partial charge on any atom is 0.331 e. The molecule has 0 atom stereocenters. The van der Waals surface area contributed by atoms with Gasteiger partial charge in [0.2, 0.25) is 0 Å². The van der Waals surface area contributed by atoms with E-state index in [1.54, 1.807) is 13.8 Å². The number of hydrogen-bond acceptors (Lipinski definition) is 3. The first-order chi connectivity index (χ1) is 11.5. The first-order valence-corrected chi connectivity index (χ1v) is 8.05. The van der Waals surface area contributed by atoms with Crippen molar-refractivity contribution in [2.75, 3.05) is 6.54 Å². The van der Waals surface area contributed by atoms with Crippen LogP contribution in [0.15, 0.2) is 48.1 Å². The van der Waals surface area contributed by atoms with Crippen molar-refractivity contribution in [3.05, 3.63) is 53.6 Å². The number of hydrogen-bond donors (Lipinski definition) is 1. The quantitative estimate of drug-likeness (QED) is 0.644. The van der Waals surface area contributed by atoms with Gasteiger partial charge in [-0.25, -0.2) is 4.79 Å². The van der Waals surface area contributed by atoms with Crippen LogP contribution in [0, 0.1) is 0 Å². The number of likely N-dealkylation sites (N-methyl/N-ethyl adjacent to an activating group) is 1. The first kappa shape index (κ1) is 17.7. The fourth-order valence-corrected chi connectivity index (χ4v) is 2.73. The lowest BCUT2D eigenvalue weighted by Crippen LogP contribution is -2.54. The van der Waals surface area contributed by atoms with Gasteiger partial charge in [0.25, 0.3) is 11.8 Å². The Bertz CT molecular complexity index is 705. The van der Waals surface area contributed by atoms with Gasteiger partial charge in [-0.2, -0.15) is 0 Å². The lowest BCUT2D eigenvalue weighted by atomic mass is 9.97. The van der Waals surface area contributed by atoms with E-state index in [0.29, 0.717) is 12.0 Å². The molecule has 1 aliphatic heterocycles. The van der Waals surface area contributed by atoms with Gasteiger partial charge < -0.3 is 0 Å². The van der Waals surface area contributed by atoms with Crippen LogP contribution < -0.4 is 5.32 Å². The number of imide groups is 2. The van der Waals surface area contributed by atoms with Crippen molar-refractivity contribution in [3.8, 4) is 0 Å². The number of carbonyl (C=O) groups is 3. The molecular formula is C19H22N2O3. The summed E-state index contributed by atoms with van der Waals surface area (Å²) in [6.45, 7) is 7.78. The minimum Gasteiger partial charge on any atom is -0.273 e. The van der Waals surface area contributed by atoms with Gasteiger partial charge in [-0.1, -0.05) is 42.5 Å². The summed E-state index contributed by atoms with van der Waals surface area (Å²) < 4.78 is 0. The number of rotatable bonds is 6. The third-order valence-corrected chi connectivity index (χ3v) is 4.11. The average molecular weight is 326 g/mol. The van der Waals surface area contributed by atoms with Gasteiger partial charge in [0.15, 0.2) is 0 Å². The maximum absolute atomic E-state index is 12.3. The highest BCUT2D eigenvalue weighted by molar-refractivity contribution is 6.29. The number of nitrogens with zero attached hydrogens (tertiary/aromatic N) is 1. The van der Waals surface area contributed by atoms with Crippen LogP contribution >= 0.6 is 0 Å². The van der Waals surface area contributed by atoms with E-state index < -0.39 is 17.8 Å². The van der Waals surface area contributed by atoms with E-state index in [4.69, 9.17) is 0 Å². The first-order valence-electron chi connectivity index (χ1n) is 8.05. The van der Waals surface area contributed by atoms with Crippen molar-refractivity contribution < 1.29 is 14.4 Å². The number of nitrogens with one attached hydrogen (secondary N) is 1. The van der Waals surface area contributed by atoms with E-state index in [2.05, 4.69) is 11.9 Å². The SMILES string of the molecule is C=C(CCC/C(C)=C1/C(=O)NC(=O)N(CC)C1=O)c1ccccc1. The summed E-state index contributed by atoms with van der Waals surface area (Å²) in [5.41, 5.74) is 2.90. The van der Waals surface area contributed by atoms with Crippen molar-refractivity contribution in [2.24, 2.45) is 0 Å². The zero-order valence-electron chi connectivity index (χ0n) is 14.1. The van der Waals surface area contributed by atoms with Crippen LogP contribution in [0.4, 0.5) is 4.79 Å². The summed E-state index contributed by atoms with van der Waals surface area (Å²) in [4.78, 5) is 36.9. The van der Waals surface area contributed by atoms with Crippen LogP contribution in [0.3, 0.4) is 0 Å². The van der Waals surface area contributed by atoms with Crippen LogP contribution in [0.2, 0.25) is 0 Å². The summed E-state index contributed by atoms with van der Waals surface area (Å²) in [6, 6.07) is 9.26. The lowest BCUT2D eigenvalue weighted by molar-refractivity contribution is -0.130. The molecule has 126 valence electrons. The van der Waals surface area contributed by atoms with E-state index in [0.717, 1.165) is 28.9 Å². The van der Waals surface area contributed by atoms with E-state index >= 15 is 0 Å².